The van der Waals surface area contributed by atoms with Crippen molar-refractivity contribution in [3.05, 3.63) is 95.6 Å². The molecular weight excluding hydrogens is 577 g/mol. The largest absolute Gasteiger partial charge is 0.482 e. The van der Waals surface area contributed by atoms with Gasteiger partial charge in [-0.2, -0.15) is 0 Å². The molecule has 0 aliphatic carbocycles. The third-order valence-electron chi connectivity index (χ3n) is 7.87. The number of esters is 1. The highest BCUT2D eigenvalue weighted by atomic mass is 32.2. The first-order valence-electron chi connectivity index (χ1n) is 13.7. The van der Waals surface area contributed by atoms with E-state index in [2.05, 4.69) is 38.6 Å². The Kier molecular flexibility index (Phi) is 9.80. The van der Waals surface area contributed by atoms with Gasteiger partial charge in [-0.25, -0.2) is 13.6 Å². The second-order valence-electron chi connectivity index (χ2n) is 11.7. The maximum absolute atomic E-state index is 13.8. The van der Waals surface area contributed by atoms with Crippen LogP contribution >= 0.6 is 11.8 Å². The van der Waals surface area contributed by atoms with Crippen LogP contribution in [0.5, 0.6) is 5.75 Å². The summed E-state index contributed by atoms with van der Waals surface area (Å²) in [5, 5.41) is -0.468. The standard InChI is InChI=1S/C32H37F2NO5SSi/c1-32(2,3)42(5,6)40-27(21-7-11-23(33)12-8-21)20-41-30-29(35(31(30)37)25-15-13-24(34)14-16-25)22-9-17-26(18-10-22)39-19-28(36)38-4/h7-18,27,29-30H,19-20H2,1-6H3/t27-,29?,30?/m0/s1. The number of carbonyl (C=O) groups excluding carboxylic acids is 2. The Bertz CT molecular complexity index is 1380. The van der Waals surface area contributed by atoms with Crippen molar-refractivity contribution in [2.24, 2.45) is 0 Å². The van der Waals surface area contributed by atoms with Gasteiger partial charge < -0.3 is 18.8 Å². The zero-order chi connectivity index (χ0) is 30.7. The minimum atomic E-state index is -2.21. The van der Waals surface area contributed by atoms with Gasteiger partial charge in [-0.3, -0.25) is 4.79 Å². The van der Waals surface area contributed by atoms with Crippen molar-refractivity contribution in [2.75, 3.05) is 24.4 Å². The molecule has 0 bridgehead atoms. The average Bonchev–Trinajstić information content (AvgIpc) is 2.95. The third kappa shape index (κ3) is 7.22. The Hall–Kier alpha value is -3.21. The van der Waals surface area contributed by atoms with Crippen LogP contribution in [0.3, 0.4) is 0 Å². The van der Waals surface area contributed by atoms with Crippen molar-refractivity contribution in [1.29, 1.82) is 0 Å². The van der Waals surface area contributed by atoms with Crippen molar-refractivity contribution < 1.29 is 32.3 Å². The quantitative estimate of drug-likeness (QED) is 0.127. The van der Waals surface area contributed by atoms with E-state index < -0.39 is 19.5 Å². The van der Waals surface area contributed by atoms with Crippen LogP contribution in [-0.4, -0.2) is 44.9 Å². The van der Waals surface area contributed by atoms with Gasteiger partial charge in [0.25, 0.3) is 0 Å². The van der Waals surface area contributed by atoms with Crippen molar-refractivity contribution in [1.82, 2.24) is 0 Å². The van der Waals surface area contributed by atoms with Crippen LogP contribution < -0.4 is 9.64 Å². The molecular formula is C32H37F2NO5SSi. The van der Waals surface area contributed by atoms with Gasteiger partial charge in [-0.1, -0.05) is 45.0 Å². The molecule has 3 atom stereocenters. The summed E-state index contributed by atoms with van der Waals surface area (Å²) in [6, 6.07) is 19.1. The summed E-state index contributed by atoms with van der Waals surface area (Å²) < 4.78 is 44.4. The second kappa shape index (κ2) is 13.0. The number of nitrogens with zero attached hydrogens (tertiary/aromatic N) is 1. The molecule has 1 heterocycles. The topological polar surface area (TPSA) is 65.1 Å². The number of methoxy groups -OCH3 is 1. The van der Waals surface area contributed by atoms with Crippen LogP contribution in [-0.2, 0) is 18.8 Å². The number of ether oxygens (including phenoxy) is 2. The molecule has 0 aromatic heterocycles. The van der Waals surface area contributed by atoms with Crippen molar-refractivity contribution in [2.45, 2.75) is 56.3 Å². The molecule has 10 heteroatoms. The van der Waals surface area contributed by atoms with Gasteiger partial charge in [0.05, 0.1) is 19.3 Å². The van der Waals surface area contributed by atoms with Crippen LogP contribution in [0.2, 0.25) is 18.1 Å². The summed E-state index contributed by atoms with van der Waals surface area (Å²) in [6.07, 6.45) is -0.334. The van der Waals surface area contributed by atoms with E-state index in [9.17, 15) is 18.4 Å². The zero-order valence-electron chi connectivity index (χ0n) is 24.7. The normalized spacial score (nSPS) is 17.9. The maximum atomic E-state index is 13.8. The molecule has 0 radical (unpaired) electrons. The number of carbonyl (C=O) groups is 2. The number of amides is 1. The lowest BCUT2D eigenvalue weighted by Gasteiger charge is -2.47. The Balaban J connectivity index is 1.60. The fraction of sp³-hybridized carbons (Fsp3) is 0.375. The minimum absolute atomic E-state index is 0.0398. The number of halogens is 2. The maximum Gasteiger partial charge on any atom is 0.343 e. The van der Waals surface area contributed by atoms with E-state index in [-0.39, 0.29) is 41.3 Å². The first kappa shape index (κ1) is 31.7. The summed E-state index contributed by atoms with van der Waals surface area (Å²) in [4.78, 5) is 26.7. The van der Waals surface area contributed by atoms with Crippen molar-refractivity contribution >= 4 is 37.6 Å². The molecule has 1 fully saturated rings. The molecule has 3 aromatic carbocycles. The summed E-state index contributed by atoms with van der Waals surface area (Å²) in [7, 11) is -0.914. The van der Waals surface area contributed by atoms with Gasteiger partial charge in [-0.15, -0.1) is 11.8 Å². The molecule has 0 N–H and O–H groups in total. The van der Waals surface area contributed by atoms with Gasteiger partial charge in [-0.05, 0) is 77.8 Å². The Morgan fingerprint density at radius 2 is 1.52 bits per heavy atom. The molecule has 1 amide bonds. The lowest BCUT2D eigenvalue weighted by atomic mass is 9.92. The van der Waals surface area contributed by atoms with Crippen LogP contribution in [0.15, 0.2) is 72.8 Å². The second-order valence-corrected chi connectivity index (χ2v) is 17.7. The highest BCUT2D eigenvalue weighted by Gasteiger charge is 2.50. The summed E-state index contributed by atoms with van der Waals surface area (Å²) in [5.74, 6) is -0.299. The monoisotopic (exact) mass is 613 g/mol. The number of hydrogen-bond donors (Lipinski definition) is 0. The van der Waals surface area contributed by atoms with Crippen LogP contribution in [0.1, 0.15) is 44.0 Å². The fourth-order valence-corrected chi connectivity index (χ4v) is 7.16. The van der Waals surface area contributed by atoms with Crippen molar-refractivity contribution in [3.8, 4) is 5.75 Å². The highest BCUT2D eigenvalue weighted by Crippen LogP contribution is 2.47. The summed E-state index contributed by atoms with van der Waals surface area (Å²) in [6.45, 7) is 10.6. The first-order chi connectivity index (χ1) is 19.8. The van der Waals surface area contributed by atoms with Gasteiger partial charge in [0, 0.05) is 11.4 Å². The third-order valence-corrected chi connectivity index (χ3v) is 13.7. The molecule has 6 nitrogen and oxygen atoms in total. The molecule has 4 rings (SSSR count). The zero-order valence-corrected chi connectivity index (χ0v) is 26.5. The summed E-state index contributed by atoms with van der Waals surface area (Å²) in [5.41, 5.74) is 2.33. The molecule has 224 valence electrons. The van der Waals surface area contributed by atoms with Gasteiger partial charge in [0.2, 0.25) is 5.91 Å². The van der Waals surface area contributed by atoms with Gasteiger partial charge in [0.15, 0.2) is 14.9 Å². The fourth-order valence-electron chi connectivity index (χ4n) is 4.40. The van der Waals surface area contributed by atoms with Crippen LogP contribution in [0, 0.1) is 11.6 Å². The predicted molar refractivity (Wildman–Crippen MR) is 164 cm³/mol. The number of rotatable bonds is 11. The average molecular weight is 614 g/mol. The van der Waals surface area contributed by atoms with E-state index >= 15 is 0 Å². The number of β-lactam (4-membered cyclic amide) rings is 1. The SMILES string of the molecule is COC(=O)COc1ccc(C2C(SC[C@H](O[Si](C)(C)C(C)(C)C)c3ccc(F)cc3)C(=O)N2c2ccc(F)cc2)cc1. The summed E-state index contributed by atoms with van der Waals surface area (Å²) >= 11 is 1.50. The van der Waals surface area contributed by atoms with Crippen molar-refractivity contribution in [3.63, 3.8) is 0 Å². The minimum Gasteiger partial charge on any atom is -0.482 e. The van der Waals surface area contributed by atoms with Gasteiger partial charge in [0.1, 0.15) is 22.6 Å². The predicted octanol–water partition coefficient (Wildman–Crippen LogP) is 7.47. The number of benzene rings is 3. The first-order valence-corrected chi connectivity index (χ1v) is 17.7. The van der Waals surface area contributed by atoms with Crippen LogP contribution in [0.4, 0.5) is 14.5 Å². The Morgan fingerprint density at radius 3 is 2.07 bits per heavy atom. The van der Waals surface area contributed by atoms with E-state index in [4.69, 9.17) is 9.16 Å². The smallest absolute Gasteiger partial charge is 0.343 e. The molecule has 1 aliphatic rings. The number of anilines is 1. The molecule has 0 spiro atoms. The molecule has 42 heavy (non-hydrogen) atoms. The van der Waals surface area contributed by atoms with Crippen LogP contribution in [0.25, 0.3) is 0 Å². The van der Waals surface area contributed by atoms with E-state index in [1.54, 1.807) is 41.3 Å². The molecule has 3 aromatic rings. The molecule has 0 saturated carbocycles. The van der Waals surface area contributed by atoms with E-state index in [1.807, 2.05) is 12.1 Å². The molecule has 1 saturated heterocycles. The molecule has 1 aliphatic heterocycles. The molecule has 2 unspecified atom stereocenters. The van der Waals surface area contributed by atoms with E-state index in [0.717, 1.165) is 11.1 Å². The highest BCUT2D eigenvalue weighted by molar-refractivity contribution is 8.00. The van der Waals surface area contributed by atoms with E-state index in [0.29, 0.717) is 17.2 Å². The lowest BCUT2D eigenvalue weighted by molar-refractivity contribution is -0.142. The van der Waals surface area contributed by atoms with E-state index in [1.165, 1.54) is 43.1 Å². The van der Waals surface area contributed by atoms with Gasteiger partial charge >= 0.3 is 5.97 Å². The Morgan fingerprint density at radius 1 is 0.952 bits per heavy atom. The Labute approximate surface area is 251 Å². The number of hydrogen-bond acceptors (Lipinski definition) is 6. The lowest BCUT2D eigenvalue weighted by Crippen LogP contribution is -2.58. The number of thioether (sulfide) groups is 1.